The summed E-state index contributed by atoms with van der Waals surface area (Å²) in [5, 5.41) is 8.81. The average molecular weight is 441 g/mol. The molecule has 3 N–H and O–H groups in total. The quantitative estimate of drug-likeness (QED) is 0.556. The van der Waals surface area contributed by atoms with Crippen molar-refractivity contribution in [1.82, 2.24) is 19.9 Å². The fourth-order valence-corrected chi connectivity index (χ4v) is 3.34. The van der Waals surface area contributed by atoms with Crippen molar-refractivity contribution in [3.63, 3.8) is 0 Å². The van der Waals surface area contributed by atoms with Gasteiger partial charge in [-0.15, -0.1) is 0 Å². The van der Waals surface area contributed by atoms with Crippen LogP contribution in [0.2, 0.25) is 0 Å². The van der Waals surface area contributed by atoms with E-state index >= 15 is 0 Å². The molecule has 1 aromatic carbocycles. The van der Waals surface area contributed by atoms with Gasteiger partial charge in [0.2, 0.25) is 5.95 Å². The van der Waals surface area contributed by atoms with Gasteiger partial charge in [-0.2, -0.15) is 4.98 Å². The van der Waals surface area contributed by atoms with Gasteiger partial charge in [-0.3, -0.25) is 9.36 Å². The van der Waals surface area contributed by atoms with Crippen molar-refractivity contribution in [2.45, 2.75) is 34.1 Å². The van der Waals surface area contributed by atoms with Crippen LogP contribution in [0.4, 0.5) is 20.8 Å². The highest BCUT2D eigenvalue weighted by Crippen LogP contribution is 2.28. The molecule has 32 heavy (non-hydrogen) atoms. The largest absolute Gasteiger partial charge is 0.357 e. The minimum absolute atomic E-state index is 0.00258. The Hall–Kier alpha value is -3.49. The summed E-state index contributed by atoms with van der Waals surface area (Å²) in [5.41, 5.74) is 1.74. The average Bonchev–Trinajstić information content (AvgIpc) is 2.71. The van der Waals surface area contributed by atoms with E-state index in [1.807, 2.05) is 0 Å². The first kappa shape index (κ1) is 23.2. The highest BCUT2D eigenvalue weighted by atomic mass is 19.1. The second kappa shape index (κ2) is 8.94. The van der Waals surface area contributed by atoms with Gasteiger partial charge in [0.05, 0.1) is 5.69 Å². The van der Waals surface area contributed by atoms with Crippen LogP contribution in [0.1, 0.15) is 32.8 Å². The lowest BCUT2D eigenvalue weighted by atomic mass is 9.92. The summed E-state index contributed by atoms with van der Waals surface area (Å²) >= 11 is 0. The van der Waals surface area contributed by atoms with Crippen molar-refractivity contribution in [1.29, 1.82) is 0 Å². The van der Waals surface area contributed by atoms with Crippen molar-refractivity contribution in [2.24, 2.45) is 12.5 Å². The van der Waals surface area contributed by atoms with Crippen molar-refractivity contribution >= 4 is 28.7 Å². The summed E-state index contributed by atoms with van der Waals surface area (Å²) in [6.45, 7) is 8.42. The van der Waals surface area contributed by atoms with Crippen LogP contribution in [0.5, 0.6) is 0 Å². The molecule has 0 unspecified atom stereocenters. The maximum Gasteiger partial charge on any atom is 0.319 e. The summed E-state index contributed by atoms with van der Waals surface area (Å²) in [5.74, 6) is -0.168. The normalized spacial score (nSPS) is 11.5. The van der Waals surface area contributed by atoms with Gasteiger partial charge >= 0.3 is 6.03 Å². The number of pyridine rings is 1. The summed E-state index contributed by atoms with van der Waals surface area (Å²) in [7, 11) is 3.32. The third-order valence-corrected chi connectivity index (χ3v) is 5.19. The van der Waals surface area contributed by atoms with Crippen LogP contribution >= 0.6 is 0 Å². The van der Waals surface area contributed by atoms with E-state index in [-0.39, 0.29) is 16.7 Å². The van der Waals surface area contributed by atoms with E-state index in [4.69, 9.17) is 0 Å². The molecule has 0 fully saturated rings. The van der Waals surface area contributed by atoms with Gasteiger partial charge in [0.15, 0.2) is 0 Å². The number of aromatic nitrogens is 3. The number of hydrogen-bond donors (Lipinski definition) is 3. The summed E-state index contributed by atoms with van der Waals surface area (Å²) in [6, 6.07) is 3.98. The van der Waals surface area contributed by atoms with Gasteiger partial charge in [0.1, 0.15) is 11.5 Å². The number of nitrogens with one attached hydrogen (secondary N) is 3. The number of carbonyl (C=O) groups excluding carboxylic acids is 1. The monoisotopic (exact) mass is 440 g/mol. The minimum Gasteiger partial charge on any atom is -0.357 e. The van der Waals surface area contributed by atoms with Crippen LogP contribution in [0.3, 0.4) is 0 Å². The van der Waals surface area contributed by atoms with Crippen LogP contribution in [-0.2, 0) is 7.05 Å². The van der Waals surface area contributed by atoms with Crippen LogP contribution in [-0.4, -0.2) is 34.2 Å². The zero-order valence-electron chi connectivity index (χ0n) is 19.3. The number of carbonyl (C=O) groups is 1. The predicted octanol–water partition coefficient (Wildman–Crippen LogP) is 4.04. The summed E-state index contributed by atoms with van der Waals surface area (Å²) in [4.78, 5) is 33.9. The van der Waals surface area contributed by atoms with E-state index in [9.17, 15) is 14.0 Å². The Kier molecular flexibility index (Phi) is 6.47. The van der Waals surface area contributed by atoms with Gasteiger partial charge < -0.3 is 16.0 Å². The van der Waals surface area contributed by atoms with E-state index in [2.05, 4.69) is 46.7 Å². The van der Waals surface area contributed by atoms with Crippen LogP contribution in [0.25, 0.3) is 22.2 Å². The predicted molar refractivity (Wildman–Crippen MR) is 126 cm³/mol. The fraction of sp³-hybridized carbons (Fsp3) is 0.391. The zero-order valence-corrected chi connectivity index (χ0v) is 19.3. The third kappa shape index (κ3) is 5.04. The Morgan fingerprint density at radius 2 is 1.91 bits per heavy atom. The van der Waals surface area contributed by atoms with Gasteiger partial charge in [0, 0.05) is 37.8 Å². The number of halogens is 1. The first-order chi connectivity index (χ1) is 15.0. The molecular formula is C23H29FN6O2. The molecule has 0 aliphatic heterocycles. The molecule has 0 spiro atoms. The Balaban J connectivity index is 1.97. The number of aryl methyl sites for hydroxylation is 2. The number of nitrogens with zero attached hydrogens (tertiary/aromatic N) is 3. The Labute approximate surface area is 186 Å². The van der Waals surface area contributed by atoms with Gasteiger partial charge in [-0.25, -0.2) is 14.2 Å². The van der Waals surface area contributed by atoms with Crippen LogP contribution in [0, 0.1) is 18.2 Å². The molecule has 3 rings (SSSR count). The van der Waals surface area contributed by atoms with Crippen molar-refractivity contribution in [2.75, 3.05) is 24.2 Å². The number of rotatable bonds is 5. The molecule has 0 aliphatic rings. The molecule has 0 saturated heterocycles. The Morgan fingerprint density at radius 3 is 2.56 bits per heavy atom. The molecule has 2 aromatic heterocycles. The van der Waals surface area contributed by atoms with E-state index in [0.29, 0.717) is 40.2 Å². The topological polar surface area (TPSA) is 101 Å². The fourth-order valence-electron chi connectivity index (χ4n) is 3.34. The minimum atomic E-state index is -0.572. The third-order valence-electron chi connectivity index (χ3n) is 5.19. The second-order valence-electron chi connectivity index (χ2n) is 8.98. The molecule has 2 heterocycles. The number of anilines is 2. The van der Waals surface area contributed by atoms with Crippen LogP contribution < -0.4 is 21.5 Å². The molecule has 9 heteroatoms. The second-order valence-corrected chi connectivity index (χ2v) is 8.98. The van der Waals surface area contributed by atoms with Gasteiger partial charge in [-0.1, -0.05) is 20.8 Å². The number of hydrogen-bond acceptors (Lipinski definition) is 5. The van der Waals surface area contributed by atoms with Crippen molar-refractivity contribution in [3.05, 3.63) is 46.1 Å². The molecule has 0 aliphatic carbocycles. The lowest BCUT2D eigenvalue weighted by molar-refractivity contribution is 0.250. The number of urea groups is 1. The molecule has 3 aromatic rings. The van der Waals surface area contributed by atoms with Crippen LogP contribution in [0.15, 0.2) is 29.2 Å². The number of fused-ring (bicyclic) bond motifs is 1. The lowest BCUT2D eigenvalue weighted by Crippen LogP contribution is -2.31. The SMILES string of the molecule is CNc1ncc2cc(-c3cc(NC(=O)NCCC(C)(C)C)c(F)cc3C)c(=O)n(C)c2n1. The molecule has 0 bridgehead atoms. The highest BCUT2D eigenvalue weighted by molar-refractivity contribution is 5.91. The summed E-state index contributed by atoms with van der Waals surface area (Å²) < 4.78 is 16.0. The lowest BCUT2D eigenvalue weighted by Gasteiger charge is -2.18. The molecular weight excluding hydrogens is 411 g/mol. The maximum absolute atomic E-state index is 14.6. The maximum atomic E-state index is 14.6. The van der Waals surface area contributed by atoms with E-state index in [1.54, 1.807) is 33.3 Å². The Morgan fingerprint density at radius 1 is 1.19 bits per heavy atom. The molecule has 0 radical (unpaired) electrons. The highest BCUT2D eigenvalue weighted by Gasteiger charge is 2.17. The van der Waals surface area contributed by atoms with E-state index in [1.165, 1.54) is 16.7 Å². The zero-order chi connectivity index (χ0) is 23.6. The van der Waals surface area contributed by atoms with E-state index < -0.39 is 11.8 Å². The summed E-state index contributed by atoms with van der Waals surface area (Å²) in [6.07, 6.45) is 2.41. The first-order valence-corrected chi connectivity index (χ1v) is 10.4. The van der Waals surface area contributed by atoms with Crippen molar-refractivity contribution < 1.29 is 9.18 Å². The van der Waals surface area contributed by atoms with Crippen molar-refractivity contribution in [3.8, 4) is 11.1 Å². The smallest absolute Gasteiger partial charge is 0.319 e. The molecule has 2 amide bonds. The molecule has 170 valence electrons. The van der Waals surface area contributed by atoms with Gasteiger partial charge in [0.25, 0.3) is 5.56 Å². The first-order valence-electron chi connectivity index (χ1n) is 10.4. The van der Waals surface area contributed by atoms with E-state index in [0.717, 1.165) is 6.42 Å². The number of amides is 2. The molecule has 8 nitrogen and oxygen atoms in total. The Bertz CT molecular complexity index is 1230. The van der Waals surface area contributed by atoms with Gasteiger partial charge in [-0.05, 0) is 48.1 Å². The molecule has 0 saturated carbocycles. The number of benzene rings is 1. The molecule has 0 atom stereocenters. The standard InChI is InChI=1S/C23H29FN6O2/c1-13-9-17(24)18(28-22(32)26-8-7-23(2,3)4)11-15(13)16-10-14-12-27-21(25-5)29-19(14)30(6)20(16)31/h9-12H,7-8H2,1-6H3,(H,25,27,29)(H2,26,28,32).